The van der Waals surface area contributed by atoms with Gasteiger partial charge in [-0.25, -0.2) is 4.39 Å². The third-order valence-electron chi connectivity index (χ3n) is 1.68. The van der Waals surface area contributed by atoms with E-state index in [1.54, 1.807) is 0 Å². The Morgan fingerprint density at radius 1 is 1.55 bits per heavy atom. The fourth-order valence-electron chi connectivity index (χ4n) is 1.13. The molecular formula is C7H6FIN2. The average molecular weight is 264 g/mol. The van der Waals surface area contributed by atoms with Crippen molar-refractivity contribution in [3.8, 4) is 0 Å². The Hall–Kier alpha value is -0.520. The molecule has 0 aliphatic carbocycles. The summed E-state index contributed by atoms with van der Waals surface area (Å²) in [5.41, 5.74) is 1.64. The minimum atomic E-state index is -0.214. The number of hydrogen-bond donors (Lipinski definition) is 2. The molecular weight excluding hydrogens is 258 g/mol. The molecule has 0 bridgehead atoms. The third-order valence-corrected chi connectivity index (χ3v) is 2.64. The second kappa shape index (κ2) is 2.51. The molecule has 1 aliphatic heterocycles. The van der Waals surface area contributed by atoms with Crippen LogP contribution in [0.3, 0.4) is 0 Å². The molecule has 0 saturated carbocycles. The molecule has 1 aromatic heterocycles. The zero-order chi connectivity index (χ0) is 7.84. The molecule has 0 fully saturated rings. The van der Waals surface area contributed by atoms with Crippen LogP contribution in [0.1, 0.15) is 11.3 Å². The van der Waals surface area contributed by atoms with Crippen molar-refractivity contribution in [2.45, 2.75) is 6.54 Å². The standard InChI is InChI=1S/C7H6FIN2/c8-5-2-10-1-4-6(9)3-11-7(4)5/h2-3,10-11H,1H2. The lowest BCUT2D eigenvalue weighted by Gasteiger charge is -2.09. The van der Waals surface area contributed by atoms with Crippen molar-refractivity contribution in [2.24, 2.45) is 0 Å². The zero-order valence-electron chi connectivity index (χ0n) is 5.62. The predicted octanol–water partition coefficient (Wildman–Crippen LogP) is 1.99. The molecule has 2 N–H and O–H groups in total. The molecule has 2 heterocycles. The van der Waals surface area contributed by atoms with Gasteiger partial charge in [0.2, 0.25) is 0 Å². The highest BCUT2D eigenvalue weighted by molar-refractivity contribution is 14.1. The maximum atomic E-state index is 13.0. The molecule has 58 valence electrons. The number of aromatic amines is 1. The van der Waals surface area contributed by atoms with E-state index in [-0.39, 0.29) is 5.83 Å². The minimum Gasteiger partial charge on any atom is -0.384 e. The van der Waals surface area contributed by atoms with E-state index < -0.39 is 0 Å². The number of H-pyrrole nitrogens is 1. The van der Waals surface area contributed by atoms with E-state index in [4.69, 9.17) is 0 Å². The Labute approximate surface area is 77.0 Å². The zero-order valence-corrected chi connectivity index (χ0v) is 7.78. The maximum Gasteiger partial charge on any atom is 0.162 e. The summed E-state index contributed by atoms with van der Waals surface area (Å²) in [5, 5.41) is 2.86. The maximum absolute atomic E-state index is 13.0. The van der Waals surface area contributed by atoms with Crippen LogP contribution in [0.2, 0.25) is 0 Å². The first-order valence-electron chi connectivity index (χ1n) is 3.24. The first-order chi connectivity index (χ1) is 5.29. The second-order valence-electron chi connectivity index (χ2n) is 2.36. The van der Waals surface area contributed by atoms with Crippen LogP contribution in [0, 0.1) is 3.57 Å². The second-order valence-corrected chi connectivity index (χ2v) is 3.53. The molecule has 0 saturated heterocycles. The van der Waals surface area contributed by atoms with E-state index in [0.717, 1.165) is 9.13 Å². The lowest BCUT2D eigenvalue weighted by molar-refractivity contribution is 0.712. The van der Waals surface area contributed by atoms with Gasteiger partial charge in [0.05, 0.1) is 5.69 Å². The van der Waals surface area contributed by atoms with Gasteiger partial charge in [-0.1, -0.05) is 0 Å². The van der Waals surface area contributed by atoms with E-state index in [2.05, 4.69) is 32.9 Å². The number of aromatic nitrogens is 1. The lowest BCUT2D eigenvalue weighted by Crippen LogP contribution is -2.11. The van der Waals surface area contributed by atoms with E-state index >= 15 is 0 Å². The van der Waals surface area contributed by atoms with Crippen molar-refractivity contribution in [1.29, 1.82) is 0 Å². The van der Waals surface area contributed by atoms with Crippen LogP contribution in [0.4, 0.5) is 4.39 Å². The van der Waals surface area contributed by atoms with Crippen LogP contribution in [-0.4, -0.2) is 4.98 Å². The van der Waals surface area contributed by atoms with Crippen LogP contribution < -0.4 is 5.32 Å². The monoisotopic (exact) mass is 264 g/mol. The van der Waals surface area contributed by atoms with Gasteiger partial charge in [-0.15, -0.1) is 0 Å². The van der Waals surface area contributed by atoms with Gasteiger partial charge in [0, 0.05) is 28.1 Å². The van der Waals surface area contributed by atoms with Crippen molar-refractivity contribution >= 4 is 28.4 Å². The largest absolute Gasteiger partial charge is 0.384 e. The summed E-state index contributed by atoms with van der Waals surface area (Å²) in [7, 11) is 0. The summed E-state index contributed by atoms with van der Waals surface area (Å²) in [4.78, 5) is 2.88. The SMILES string of the molecule is FC1=CNCc2c(I)c[nH]c21. The van der Waals surface area contributed by atoms with Gasteiger partial charge >= 0.3 is 0 Å². The normalized spacial score (nSPS) is 15.3. The van der Waals surface area contributed by atoms with Crippen LogP contribution in [0.15, 0.2) is 12.4 Å². The van der Waals surface area contributed by atoms with Crippen molar-refractivity contribution < 1.29 is 4.39 Å². The third kappa shape index (κ3) is 1.05. The van der Waals surface area contributed by atoms with Gasteiger partial charge in [0.25, 0.3) is 0 Å². The van der Waals surface area contributed by atoms with Crippen molar-refractivity contribution in [3.63, 3.8) is 0 Å². The van der Waals surface area contributed by atoms with Gasteiger partial charge in [-0.05, 0) is 22.6 Å². The minimum absolute atomic E-state index is 0.214. The highest BCUT2D eigenvalue weighted by Gasteiger charge is 2.15. The number of nitrogens with one attached hydrogen (secondary N) is 2. The molecule has 0 amide bonds. The van der Waals surface area contributed by atoms with Gasteiger partial charge in [-0.2, -0.15) is 0 Å². The molecule has 0 aromatic carbocycles. The predicted molar refractivity (Wildman–Crippen MR) is 49.4 cm³/mol. The van der Waals surface area contributed by atoms with Crippen LogP contribution in [0.5, 0.6) is 0 Å². The van der Waals surface area contributed by atoms with Crippen LogP contribution in [0.25, 0.3) is 5.83 Å². The fourth-order valence-corrected chi connectivity index (χ4v) is 1.75. The molecule has 0 radical (unpaired) electrons. The van der Waals surface area contributed by atoms with Gasteiger partial charge in [0.15, 0.2) is 5.83 Å². The highest BCUT2D eigenvalue weighted by Crippen LogP contribution is 2.25. The van der Waals surface area contributed by atoms with Crippen molar-refractivity contribution in [3.05, 3.63) is 27.2 Å². The molecule has 2 rings (SSSR count). The Bertz CT molecular complexity index is 316. The number of hydrogen-bond acceptors (Lipinski definition) is 1. The van der Waals surface area contributed by atoms with Crippen molar-refractivity contribution in [2.75, 3.05) is 0 Å². The first-order valence-corrected chi connectivity index (χ1v) is 4.32. The highest BCUT2D eigenvalue weighted by atomic mass is 127. The molecule has 0 spiro atoms. The van der Waals surface area contributed by atoms with Gasteiger partial charge in [0.1, 0.15) is 0 Å². The smallest absolute Gasteiger partial charge is 0.162 e. The topological polar surface area (TPSA) is 27.8 Å². The molecule has 2 nitrogen and oxygen atoms in total. The first kappa shape index (κ1) is 7.15. The summed E-state index contributed by atoms with van der Waals surface area (Å²) in [6, 6.07) is 0. The molecule has 11 heavy (non-hydrogen) atoms. The van der Waals surface area contributed by atoms with Gasteiger partial charge in [-0.3, -0.25) is 0 Å². The Morgan fingerprint density at radius 2 is 2.36 bits per heavy atom. The fraction of sp³-hybridized carbons (Fsp3) is 0.143. The van der Waals surface area contributed by atoms with Crippen LogP contribution >= 0.6 is 22.6 Å². The molecule has 0 unspecified atom stereocenters. The Morgan fingerprint density at radius 3 is 3.09 bits per heavy atom. The molecule has 1 aliphatic rings. The van der Waals surface area contributed by atoms with E-state index in [0.29, 0.717) is 12.2 Å². The number of halogens is 2. The lowest BCUT2D eigenvalue weighted by atomic mass is 10.2. The van der Waals surface area contributed by atoms with Crippen LogP contribution in [-0.2, 0) is 6.54 Å². The summed E-state index contributed by atoms with van der Waals surface area (Å²) >= 11 is 2.18. The number of fused-ring (bicyclic) bond motifs is 1. The molecule has 4 heteroatoms. The summed E-state index contributed by atoms with van der Waals surface area (Å²) < 4.78 is 14.0. The Kier molecular flexibility index (Phi) is 1.63. The van der Waals surface area contributed by atoms with E-state index in [9.17, 15) is 4.39 Å². The summed E-state index contributed by atoms with van der Waals surface area (Å²) in [6.07, 6.45) is 3.20. The van der Waals surface area contributed by atoms with E-state index in [1.165, 1.54) is 6.20 Å². The number of rotatable bonds is 0. The summed E-state index contributed by atoms with van der Waals surface area (Å²) in [5.74, 6) is -0.214. The van der Waals surface area contributed by atoms with Crippen molar-refractivity contribution in [1.82, 2.24) is 10.3 Å². The summed E-state index contributed by atoms with van der Waals surface area (Å²) in [6.45, 7) is 0.713. The average Bonchev–Trinajstić information content (AvgIpc) is 2.35. The molecule has 0 atom stereocenters. The van der Waals surface area contributed by atoms with Gasteiger partial charge < -0.3 is 10.3 Å². The quantitative estimate of drug-likeness (QED) is 0.689. The molecule has 1 aromatic rings. The van der Waals surface area contributed by atoms with E-state index in [1.807, 2.05) is 6.20 Å². The Balaban J connectivity index is 2.58.